The molecule has 1 aromatic rings. The molecule has 0 aliphatic carbocycles. The first-order chi connectivity index (χ1) is 8.74. The second-order valence-electron chi connectivity index (χ2n) is 3.51. The Labute approximate surface area is 106 Å². The summed E-state index contributed by atoms with van der Waals surface area (Å²) in [6, 6.07) is 8.45. The van der Waals surface area contributed by atoms with Crippen molar-refractivity contribution in [1.82, 2.24) is 0 Å². The van der Waals surface area contributed by atoms with Crippen molar-refractivity contribution in [3.05, 3.63) is 35.9 Å². The number of unbranched alkanes of at least 4 members (excludes halogenated alkanes) is 1. The van der Waals surface area contributed by atoms with Crippen LogP contribution >= 0.6 is 0 Å². The van der Waals surface area contributed by atoms with Crippen LogP contribution in [0.25, 0.3) is 0 Å². The fourth-order valence-corrected chi connectivity index (χ4v) is 1.13. The van der Waals surface area contributed by atoms with Crippen molar-refractivity contribution in [3.8, 4) is 0 Å². The van der Waals surface area contributed by atoms with Gasteiger partial charge in [-0.1, -0.05) is 31.5 Å². The molecule has 0 amide bonds. The van der Waals surface area contributed by atoms with E-state index in [-0.39, 0.29) is 0 Å². The Morgan fingerprint density at radius 1 is 1.06 bits per heavy atom. The third kappa shape index (κ3) is 5.34. The molecule has 0 spiro atoms. The van der Waals surface area contributed by atoms with E-state index in [0.29, 0.717) is 12.2 Å². The normalized spacial score (nSPS) is 9.61. The molecule has 5 nitrogen and oxygen atoms in total. The van der Waals surface area contributed by atoms with Crippen LogP contribution in [-0.4, -0.2) is 25.5 Å². The lowest BCUT2D eigenvalue weighted by atomic mass is 10.2. The van der Waals surface area contributed by atoms with Gasteiger partial charge in [-0.2, -0.15) is 0 Å². The van der Waals surface area contributed by atoms with Crippen LogP contribution in [0, 0.1) is 0 Å². The monoisotopic (exact) mass is 252 g/mol. The van der Waals surface area contributed by atoms with Crippen LogP contribution in [-0.2, 0) is 14.2 Å². The van der Waals surface area contributed by atoms with Gasteiger partial charge < -0.3 is 14.2 Å². The summed E-state index contributed by atoms with van der Waals surface area (Å²) in [4.78, 5) is 22.4. The van der Waals surface area contributed by atoms with Gasteiger partial charge in [0.05, 0.1) is 12.2 Å². The van der Waals surface area contributed by atoms with Crippen LogP contribution in [0.3, 0.4) is 0 Å². The van der Waals surface area contributed by atoms with Crippen LogP contribution in [0.2, 0.25) is 0 Å². The SMILES string of the molecule is CCCCOC(=O)OCOC(=O)c1ccccc1. The van der Waals surface area contributed by atoms with Crippen molar-refractivity contribution >= 4 is 12.1 Å². The highest BCUT2D eigenvalue weighted by atomic mass is 16.8. The molecule has 0 radical (unpaired) electrons. The maximum atomic E-state index is 11.4. The Balaban J connectivity index is 2.18. The molecule has 0 aromatic heterocycles. The van der Waals surface area contributed by atoms with Crippen LogP contribution in [0.5, 0.6) is 0 Å². The molecule has 1 aromatic carbocycles. The molecule has 0 aliphatic rings. The molecule has 0 N–H and O–H groups in total. The fourth-order valence-electron chi connectivity index (χ4n) is 1.13. The van der Waals surface area contributed by atoms with E-state index in [2.05, 4.69) is 4.74 Å². The second-order valence-corrected chi connectivity index (χ2v) is 3.51. The Morgan fingerprint density at radius 3 is 2.44 bits per heavy atom. The van der Waals surface area contributed by atoms with Gasteiger partial charge in [0, 0.05) is 0 Å². The zero-order valence-electron chi connectivity index (χ0n) is 10.3. The van der Waals surface area contributed by atoms with Crippen LogP contribution in [0.15, 0.2) is 30.3 Å². The van der Waals surface area contributed by atoms with Crippen LogP contribution in [0.1, 0.15) is 30.1 Å². The smallest absolute Gasteiger partial charge is 0.434 e. The van der Waals surface area contributed by atoms with Crippen molar-refractivity contribution in [2.75, 3.05) is 13.4 Å². The largest absolute Gasteiger partial charge is 0.511 e. The number of carbonyl (C=O) groups is 2. The molecule has 0 atom stereocenters. The molecule has 5 heteroatoms. The first-order valence-electron chi connectivity index (χ1n) is 5.75. The first kappa shape index (κ1) is 14.0. The zero-order valence-corrected chi connectivity index (χ0v) is 10.3. The lowest BCUT2D eigenvalue weighted by molar-refractivity contribution is -0.0275. The summed E-state index contributed by atoms with van der Waals surface area (Å²) in [6.45, 7) is 1.84. The second kappa shape index (κ2) is 8.11. The maximum absolute atomic E-state index is 11.4. The molecular formula is C13H16O5. The lowest BCUT2D eigenvalue weighted by Gasteiger charge is -2.06. The maximum Gasteiger partial charge on any atom is 0.511 e. The van der Waals surface area contributed by atoms with E-state index in [1.807, 2.05) is 6.92 Å². The molecule has 0 heterocycles. The molecule has 18 heavy (non-hydrogen) atoms. The number of rotatable bonds is 6. The number of hydrogen-bond donors (Lipinski definition) is 0. The number of benzene rings is 1. The first-order valence-corrected chi connectivity index (χ1v) is 5.75. The molecule has 0 saturated heterocycles. The summed E-state index contributed by atoms with van der Waals surface area (Å²) >= 11 is 0. The van der Waals surface area contributed by atoms with Crippen LogP contribution in [0.4, 0.5) is 4.79 Å². The topological polar surface area (TPSA) is 61.8 Å². The summed E-state index contributed by atoms with van der Waals surface area (Å²) in [7, 11) is 0. The molecule has 1 rings (SSSR count). The van der Waals surface area contributed by atoms with Crippen LogP contribution < -0.4 is 0 Å². The average molecular weight is 252 g/mol. The van der Waals surface area contributed by atoms with E-state index < -0.39 is 18.9 Å². The Hall–Kier alpha value is -2.04. The molecule has 0 unspecified atom stereocenters. The van der Waals surface area contributed by atoms with E-state index in [1.165, 1.54) is 0 Å². The van der Waals surface area contributed by atoms with Crippen molar-refractivity contribution in [2.24, 2.45) is 0 Å². The Morgan fingerprint density at radius 2 is 1.78 bits per heavy atom. The van der Waals surface area contributed by atoms with E-state index in [0.717, 1.165) is 12.8 Å². The van der Waals surface area contributed by atoms with Gasteiger partial charge in [0.1, 0.15) is 0 Å². The predicted molar refractivity (Wildman–Crippen MR) is 64.1 cm³/mol. The van der Waals surface area contributed by atoms with Gasteiger partial charge in [0.15, 0.2) is 0 Å². The van der Waals surface area contributed by atoms with Gasteiger partial charge in [0.25, 0.3) is 0 Å². The molecule has 98 valence electrons. The Kier molecular flexibility index (Phi) is 6.32. The predicted octanol–water partition coefficient (Wildman–Crippen LogP) is 2.75. The van der Waals surface area contributed by atoms with Crippen molar-refractivity contribution in [3.63, 3.8) is 0 Å². The standard InChI is InChI=1S/C13H16O5/c1-2-3-9-16-13(15)18-10-17-12(14)11-7-5-4-6-8-11/h4-8H,2-3,9-10H2,1H3. The molecule has 0 fully saturated rings. The molecular weight excluding hydrogens is 236 g/mol. The minimum Gasteiger partial charge on any atom is -0.434 e. The average Bonchev–Trinajstić information content (AvgIpc) is 2.40. The van der Waals surface area contributed by atoms with Crippen molar-refractivity contribution in [2.45, 2.75) is 19.8 Å². The van der Waals surface area contributed by atoms with Gasteiger partial charge in [0.2, 0.25) is 6.79 Å². The number of hydrogen-bond acceptors (Lipinski definition) is 5. The van der Waals surface area contributed by atoms with Crippen molar-refractivity contribution < 1.29 is 23.8 Å². The number of ether oxygens (including phenoxy) is 3. The van der Waals surface area contributed by atoms with E-state index in [4.69, 9.17) is 9.47 Å². The van der Waals surface area contributed by atoms with E-state index in [9.17, 15) is 9.59 Å². The minimum atomic E-state index is -0.829. The third-order valence-corrected chi connectivity index (χ3v) is 2.09. The number of esters is 1. The summed E-state index contributed by atoms with van der Waals surface area (Å²) in [6.07, 6.45) is 0.874. The third-order valence-electron chi connectivity index (χ3n) is 2.09. The molecule has 0 saturated carbocycles. The zero-order chi connectivity index (χ0) is 13.2. The lowest BCUT2D eigenvalue weighted by Crippen LogP contribution is -2.14. The summed E-state index contributed by atoms with van der Waals surface area (Å²) in [5.41, 5.74) is 0.403. The fraction of sp³-hybridized carbons (Fsp3) is 0.385. The molecule has 0 bridgehead atoms. The quantitative estimate of drug-likeness (QED) is 0.442. The summed E-state index contributed by atoms with van der Waals surface area (Å²) in [5.74, 6) is -0.544. The minimum absolute atomic E-state index is 0.308. The summed E-state index contributed by atoms with van der Waals surface area (Å²) < 4.78 is 14.0. The van der Waals surface area contributed by atoms with Gasteiger partial charge in [-0.05, 0) is 18.6 Å². The molecule has 0 aliphatic heterocycles. The van der Waals surface area contributed by atoms with E-state index in [1.54, 1.807) is 30.3 Å². The number of carbonyl (C=O) groups excluding carboxylic acids is 2. The Bertz CT molecular complexity index is 374. The summed E-state index contributed by atoms with van der Waals surface area (Å²) in [5, 5.41) is 0. The highest BCUT2D eigenvalue weighted by Gasteiger charge is 2.08. The van der Waals surface area contributed by atoms with Gasteiger partial charge in [-0.3, -0.25) is 0 Å². The van der Waals surface area contributed by atoms with Gasteiger partial charge in [-0.25, -0.2) is 9.59 Å². The highest BCUT2D eigenvalue weighted by molar-refractivity contribution is 5.89. The van der Waals surface area contributed by atoms with Gasteiger partial charge in [-0.15, -0.1) is 0 Å². The van der Waals surface area contributed by atoms with E-state index >= 15 is 0 Å². The van der Waals surface area contributed by atoms with Crippen molar-refractivity contribution in [1.29, 1.82) is 0 Å². The van der Waals surface area contributed by atoms with Gasteiger partial charge >= 0.3 is 12.1 Å². The highest BCUT2D eigenvalue weighted by Crippen LogP contribution is 2.01.